The number of carbonyl (C=O) groups is 2. The van der Waals surface area contributed by atoms with Gasteiger partial charge in [0.15, 0.2) is 0 Å². The summed E-state index contributed by atoms with van der Waals surface area (Å²) < 4.78 is 31.9. The van der Waals surface area contributed by atoms with Gasteiger partial charge < -0.3 is 15.4 Å². The van der Waals surface area contributed by atoms with Gasteiger partial charge in [0, 0.05) is 25.2 Å². The highest BCUT2D eigenvalue weighted by molar-refractivity contribution is 7.89. The minimum absolute atomic E-state index is 0.0464. The minimum Gasteiger partial charge on any atom is -0.496 e. The maximum absolute atomic E-state index is 12.6. The fraction of sp³-hybridized carbons (Fsp3) is 0.364. The Labute approximate surface area is 183 Å². The first-order valence-electron chi connectivity index (χ1n) is 10.1. The van der Waals surface area contributed by atoms with E-state index in [0.29, 0.717) is 26.1 Å². The monoisotopic (exact) mass is 447 g/mol. The van der Waals surface area contributed by atoms with Gasteiger partial charge in [0.2, 0.25) is 15.9 Å². The Hall–Kier alpha value is -2.91. The summed E-state index contributed by atoms with van der Waals surface area (Å²) in [5, 5.41) is 5.27. The fourth-order valence-electron chi connectivity index (χ4n) is 3.08. The molecule has 0 heterocycles. The summed E-state index contributed by atoms with van der Waals surface area (Å²) in [6, 6.07) is 13.3. The Balaban J connectivity index is 1.90. The number of methoxy groups -OCH3 is 1. The van der Waals surface area contributed by atoms with Gasteiger partial charge in [-0.2, -0.15) is 4.31 Å². The molecule has 0 saturated carbocycles. The maximum Gasteiger partial charge on any atom is 0.251 e. The first-order valence-corrected chi connectivity index (χ1v) is 11.5. The Morgan fingerprint density at radius 1 is 1.00 bits per heavy atom. The van der Waals surface area contributed by atoms with Crippen LogP contribution in [0.15, 0.2) is 53.4 Å². The zero-order valence-electron chi connectivity index (χ0n) is 18.1. The van der Waals surface area contributed by atoms with Gasteiger partial charge in [0.05, 0.1) is 18.6 Å². The Morgan fingerprint density at radius 2 is 1.71 bits per heavy atom. The number of benzene rings is 2. The summed E-state index contributed by atoms with van der Waals surface area (Å²) in [5.41, 5.74) is 1.15. The van der Waals surface area contributed by atoms with E-state index in [2.05, 4.69) is 10.6 Å². The van der Waals surface area contributed by atoms with Crippen molar-refractivity contribution in [3.05, 3.63) is 59.7 Å². The Morgan fingerprint density at radius 3 is 2.39 bits per heavy atom. The molecule has 0 fully saturated rings. The van der Waals surface area contributed by atoms with Crippen molar-refractivity contribution < 1.29 is 22.7 Å². The lowest BCUT2D eigenvalue weighted by atomic mass is 10.1. The van der Waals surface area contributed by atoms with Gasteiger partial charge in [-0.05, 0) is 36.2 Å². The zero-order valence-corrected chi connectivity index (χ0v) is 18.9. The number of para-hydroxylation sites is 1. The number of carbonyl (C=O) groups excluding carboxylic acids is 2. The van der Waals surface area contributed by atoms with Crippen molar-refractivity contribution in [2.45, 2.75) is 25.2 Å². The molecule has 9 heteroatoms. The molecular formula is C22H29N3O5S. The molecule has 0 spiro atoms. The van der Waals surface area contributed by atoms with Gasteiger partial charge >= 0.3 is 0 Å². The molecule has 2 aromatic carbocycles. The molecule has 0 aliphatic rings. The molecule has 2 amide bonds. The van der Waals surface area contributed by atoms with E-state index in [1.807, 2.05) is 24.3 Å². The second-order valence-electron chi connectivity index (χ2n) is 6.71. The molecule has 0 unspecified atom stereocenters. The number of hydrogen-bond acceptors (Lipinski definition) is 5. The average molecular weight is 448 g/mol. The van der Waals surface area contributed by atoms with Crippen LogP contribution in [0.5, 0.6) is 5.75 Å². The number of rotatable bonds is 11. The zero-order chi connectivity index (χ0) is 22.9. The van der Waals surface area contributed by atoms with Crippen LogP contribution in [0.4, 0.5) is 0 Å². The van der Waals surface area contributed by atoms with E-state index in [-0.39, 0.29) is 22.9 Å². The summed E-state index contributed by atoms with van der Waals surface area (Å²) in [6.07, 6.45) is 0.592. The van der Waals surface area contributed by atoms with Crippen LogP contribution in [0.2, 0.25) is 0 Å². The normalized spacial score (nSPS) is 11.2. The molecule has 0 aliphatic carbocycles. The van der Waals surface area contributed by atoms with Crippen molar-refractivity contribution in [1.82, 2.24) is 14.9 Å². The van der Waals surface area contributed by atoms with Crippen LogP contribution in [0, 0.1) is 0 Å². The highest BCUT2D eigenvalue weighted by Crippen LogP contribution is 2.18. The van der Waals surface area contributed by atoms with E-state index in [1.54, 1.807) is 21.0 Å². The molecule has 0 radical (unpaired) electrons. The van der Waals surface area contributed by atoms with E-state index in [4.69, 9.17) is 4.74 Å². The fourth-order valence-corrected chi connectivity index (χ4v) is 4.59. The molecule has 0 aromatic heterocycles. The maximum atomic E-state index is 12.6. The van der Waals surface area contributed by atoms with Crippen molar-refractivity contribution in [2.75, 3.05) is 33.3 Å². The molecule has 8 nitrogen and oxygen atoms in total. The van der Waals surface area contributed by atoms with Gasteiger partial charge in [-0.3, -0.25) is 9.59 Å². The molecular weight excluding hydrogens is 418 g/mol. The number of hydrogen-bond donors (Lipinski definition) is 2. The number of nitrogens with one attached hydrogen (secondary N) is 2. The third kappa shape index (κ3) is 6.53. The molecule has 0 atom stereocenters. The predicted octanol–water partition coefficient (Wildman–Crippen LogP) is 1.81. The van der Waals surface area contributed by atoms with Crippen molar-refractivity contribution >= 4 is 21.8 Å². The highest BCUT2D eigenvalue weighted by Gasteiger charge is 2.22. The van der Waals surface area contributed by atoms with Gasteiger partial charge in [-0.25, -0.2) is 8.42 Å². The van der Waals surface area contributed by atoms with E-state index in [9.17, 15) is 18.0 Å². The number of nitrogens with zero attached hydrogens (tertiary/aromatic N) is 1. The third-order valence-corrected chi connectivity index (χ3v) is 6.80. The van der Waals surface area contributed by atoms with Gasteiger partial charge in [0.25, 0.3) is 5.91 Å². The second kappa shape index (κ2) is 11.5. The van der Waals surface area contributed by atoms with Crippen LogP contribution in [0.3, 0.4) is 0 Å². The minimum atomic E-state index is -3.67. The van der Waals surface area contributed by atoms with E-state index < -0.39 is 15.9 Å². The number of sulfonamides is 1. The van der Waals surface area contributed by atoms with Crippen molar-refractivity contribution in [1.29, 1.82) is 0 Å². The van der Waals surface area contributed by atoms with Crippen LogP contribution in [0.1, 0.15) is 29.8 Å². The van der Waals surface area contributed by atoms with Crippen LogP contribution < -0.4 is 15.4 Å². The van der Waals surface area contributed by atoms with E-state index in [1.165, 1.54) is 28.6 Å². The number of ether oxygens (including phenoxy) is 1. The summed E-state index contributed by atoms with van der Waals surface area (Å²) in [5.74, 6) is -0.101. The summed E-state index contributed by atoms with van der Waals surface area (Å²) in [4.78, 5) is 24.5. The van der Waals surface area contributed by atoms with E-state index in [0.717, 1.165) is 11.3 Å². The first kappa shape index (κ1) is 24.4. The quantitative estimate of drug-likeness (QED) is 0.547. The van der Waals surface area contributed by atoms with Crippen LogP contribution in [-0.2, 0) is 21.2 Å². The molecule has 0 bridgehead atoms. The lowest BCUT2D eigenvalue weighted by molar-refractivity contribution is -0.120. The summed E-state index contributed by atoms with van der Waals surface area (Å²) in [6.45, 7) is 4.37. The van der Waals surface area contributed by atoms with Crippen LogP contribution in [-0.4, -0.2) is 57.8 Å². The standard InChI is InChI=1S/C22H29N3O5S/c1-4-25(5-2)31(28,29)19-11-8-10-18(15-19)22(27)24-16-21(26)23-14-13-17-9-6-7-12-20(17)30-3/h6-12,15H,4-5,13-14,16H2,1-3H3,(H,23,26)(H,24,27). The molecule has 2 N–H and O–H groups in total. The van der Waals surface area contributed by atoms with E-state index >= 15 is 0 Å². The lowest BCUT2D eigenvalue weighted by Gasteiger charge is -2.18. The Bertz CT molecular complexity index is 1000. The van der Waals surface area contributed by atoms with Crippen molar-refractivity contribution in [2.24, 2.45) is 0 Å². The molecule has 0 aliphatic heterocycles. The smallest absolute Gasteiger partial charge is 0.251 e. The molecule has 2 rings (SSSR count). The topological polar surface area (TPSA) is 105 Å². The lowest BCUT2D eigenvalue weighted by Crippen LogP contribution is -2.37. The third-order valence-electron chi connectivity index (χ3n) is 4.76. The first-order chi connectivity index (χ1) is 14.8. The SMILES string of the molecule is CCN(CC)S(=O)(=O)c1cccc(C(=O)NCC(=O)NCCc2ccccc2OC)c1. The van der Waals surface area contributed by atoms with Crippen LogP contribution in [0.25, 0.3) is 0 Å². The average Bonchev–Trinajstić information content (AvgIpc) is 2.78. The van der Waals surface area contributed by atoms with Crippen molar-refractivity contribution in [3.63, 3.8) is 0 Å². The van der Waals surface area contributed by atoms with Gasteiger partial charge in [0.1, 0.15) is 5.75 Å². The second-order valence-corrected chi connectivity index (χ2v) is 8.65. The van der Waals surface area contributed by atoms with Crippen molar-refractivity contribution in [3.8, 4) is 5.75 Å². The predicted molar refractivity (Wildman–Crippen MR) is 119 cm³/mol. The molecule has 0 saturated heterocycles. The highest BCUT2D eigenvalue weighted by atomic mass is 32.2. The molecule has 168 valence electrons. The Kier molecular flexibility index (Phi) is 9.02. The number of amides is 2. The van der Waals surface area contributed by atoms with Crippen LogP contribution >= 0.6 is 0 Å². The molecule has 2 aromatic rings. The summed E-state index contributed by atoms with van der Waals surface area (Å²) in [7, 11) is -2.08. The largest absolute Gasteiger partial charge is 0.496 e. The molecule has 31 heavy (non-hydrogen) atoms. The van der Waals surface area contributed by atoms with Gasteiger partial charge in [-0.15, -0.1) is 0 Å². The van der Waals surface area contributed by atoms with Gasteiger partial charge in [-0.1, -0.05) is 38.1 Å². The summed E-state index contributed by atoms with van der Waals surface area (Å²) >= 11 is 0.